The molecule has 0 saturated heterocycles. The molecular weight excluding hydrogens is 261 g/mol. The number of nitrogens with zero attached hydrogens (tertiary/aromatic N) is 1. The van der Waals surface area contributed by atoms with E-state index in [-0.39, 0.29) is 11.9 Å². The van der Waals surface area contributed by atoms with Crippen molar-refractivity contribution in [1.29, 1.82) is 0 Å². The van der Waals surface area contributed by atoms with Gasteiger partial charge in [-0.15, -0.1) is 11.3 Å². The lowest BCUT2D eigenvalue weighted by molar-refractivity contribution is 0.465. The van der Waals surface area contributed by atoms with Crippen LogP contribution in [0.1, 0.15) is 24.3 Å². The SMILES string of the molecule is CCC(Nc1nc(F)c(F)cc1F)c1cccs1. The van der Waals surface area contributed by atoms with E-state index >= 15 is 0 Å². The van der Waals surface area contributed by atoms with Crippen molar-refractivity contribution in [2.24, 2.45) is 0 Å². The van der Waals surface area contributed by atoms with Gasteiger partial charge in [0.2, 0.25) is 0 Å². The Hall–Kier alpha value is -1.56. The fourth-order valence-corrected chi connectivity index (χ4v) is 2.44. The number of anilines is 1. The topological polar surface area (TPSA) is 24.9 Å². The van der Waals surface area contributed by atoms with Crippen LogP contribution in [0, 0.1) is 17.6 Å². The van der Waals surface area contributed by atoms with Crippen LogP contribution in [0.3, 0.4) is 0 Å². The first-order valence-corrected chi connectivity index (χ1v) is 6.31. The van der Waals surface area contributed by atoms with Crippen molar-refractivity contribution in [1.82, 2.24) is 4.98 Å². The Labute approximate surface area is 106 Å². The predicted octanol–water partition coefficient (Wildman–Crippen LogP) is 4.12. The molecule has 0 radical (unpaired) electrons. The molecule has 2 aromatic heterocycles. The Morgan fingerprint density at radius 3 is 2.72 bits per heavy atom. The number of halogens is 3. The van der Waals surface area contributed by atoms with Crippen LogP contribution >= 0.6 is 11.3 Å². The lowest BCUT2D eigenvalue weighted by atomic mass is 10.2. The fourth-order valence-electron chi connectivity index (χ4n) is 1.57. The minimum absolute atomic E-state index is 0.170. The summed E-state index contributed by atoms with van der Waals surface area (Å²) >= 11 is 1.51. The molecule has 0 saturated carbocycles. The van der Waals surface area contributed by atoms with Gasteiger partial charge in [-0.2, -0.15) is 9.37 Å². The third-order valence-electron chi connectivity index (χ3n) is 2.49. The molecule has 18 heavy (non-hydrogen) atoms. The molecule has 0 spiro atoms. The van der Waals surface area contributed by atoms with Crippen molar-refractivity contribution >= 4 is 17.2 Å². The van der Waals surface area contributed by atoms with Gasteiger partial charge in [-0.25, -0.2) is 8.78 Å². The Morgan fingerprint density at radius 1 is 1.33 bits per heavy atom. The van der Waals surface area contributed by atoms with Gasteiger partial charge >= 0.3 is 0 Å². The minimum atomic E-state index is -1.31. The molecule has 0 aliphatic heterocycles. The zero-order valence-corrected chi connectivity index (χ0v) is 10.4. The molecule has 6 heteroatoms. The van der Waals surface area contributed by atoms with E-state index in [4.69, 9.17) is 0 Å². The van der Waals surface area contributed by atoms with Gasteiger partial charge in [-0.05, 0) is 17.9 Å². The van der Waals surface area contributed by atoms with E-state index in [9.17, 15) is 13.2 Å². The van der Waals surface area contributed by atoms with E-state index in [2.05, 4.69) is 10.3 Å². The molecule has 1 N–H and O–H groups in total. The van der Waals surface area contributed by atoms with Crippen molar-refractivity contribution in [2.45, 2.75) is 19.4 Å². The molecule has 1 atom stereocenters. The van der Waals surface area contributed by atoms with E-state index in [0.717, 1.165) is 4.88 Å². The number of aromatic nitrogens is 1. The van der Waals surface area contributed by atoms with Crippen molar-refractivity contribution in [2.75, 3.05) is 5.32 Å². The standard InChI is InChI=1S/C12H11F3N2S/c1-2-9(10-4-3-5-18-10)16-12-8(14)6-7(13)11(15)17-12/h3-6,9H,2H2,1H3,(H,16,17). The Kier molecular flexibility index (Phi) is 3.86. The molecule has 96 valence electrons. The quantitative estimate of drug-likeness (QED) is 0.847. The average Bonchev–Trinajstić information content (AvgIpc) is 2.85. The molecule has 0 bridgehead atoms. The summed E-state index contributed by atoms with van der Waals surface area (Å²) in [4.78, 5) is 4.24. The Bertz CT molecular complexity index is 528. The summed E-state index contributed by atoms with van der Waals surface area (Å²) in [5.74, 6) is -3.76. The lowest BCUT2D eigenvalue weighted by Gasteiger charge is -2.16. The molecule has 2 nitrogen and oxygen atoms in total. The average molecular weight is 272 g/mol. The van der Waals surface area contributed by atoms with Gasteiger partial charge in [0.15, 0.2) is 17.5 Å². The minimum Gasteiger partial charge on any atom is -0.360 e. The molecule has 2 heterocycles. The normalized spacial score (nSPS) is 12.4. The van der Waals surface area contributed by atoms with E-state index in [1.807, 2.05) is 24.4 Å². The van der Waals surface area contributed by atoms with Crippen molar-refractivity contribution < 1.29 is 13.2 Å². The maximum absolute atomic E-state index is 13.4. The Balaban J connectivity index is 2.25. The molecular formula is C12H11F3N2S. The van der Waals surface area contributed by atoms with E-state index < -0.39 is 17.6 Å². The highest BCUT2D eigenvalue weighted by atomic mass is 32.1. The van der Waals surface area contributed by atoms with Crippen LogP contribution in [-0.4, -0.2) is 4.98 Å². The van der Waals surface area contributed by atoms with Crippen LogP contribution in [0.2, 0.25) is 0 Å². The second-order valence-electron chi connectivity index (χ2n) is 3.71. The van der Waals surface area contributed by atoms with Crippen LogP contribution in [-0.2, 0) is 0 Å². The summed E-state index contributed by atoms with van der Waals surface area (Å²) in [7, 11) is 0. The summed E-state index contributed by atoms with van der Waals surface area (Å²) in [6.07, 6.45) is 0.681. The van der Waals surface area contributed by atoms with E-state index in [0.29, 0.717) is 12.5 Å². The maximum Gasteiger partial charge on any atom is 0.251 e. The monoisotopic (exact) mass is 272 g/mol. The lowest BCUT2D eigenvalue weighted by Crippen LogP contribution is -2.12. The molecule has 0 aliphatic carbocycles. The Morgan fingerprint density at radius 2 is 2.11 bits per heavy atom. The zero-order chi connectivity index (χ0) is 13.1. The third kappa shape index (κ3) is 2.64. The van der Waals surface area contributed by atoms with Gasteiger partial charge in [0.25, 0.3) is 5.95 Å². The first kappa shape index (κ1) is 12.9. The van der Waals surface area contributed by atoms with Gasteiger partial charge in [-0.3, -0.25) is 0 Å². The summed E-state index contributed by atoms with van der Waals surface area (Å²) in [5.41, 5.74) is 0. The summed E-state index contributed by atoms with van der Waals surface area (Å²) in [6, 6.07) is 4.09. The highest BCUT2D eigenvalue weighted by molar-refractivity contribution is 7.10. The maximum atomic E-state index is 13.4. The van der Waals surface area contributed by atoms with Crippen molar-refractivity contribution in [3.05, 3.63) is 46.0 Å². The first-order chi connectivity index (χ1) is 8.61. The second-order valence-corrected chi connectivity index (χ2v) is 4.69. The number of rotatable bonds is 4. The second kappa shape index (κ2) is 5.39. The molecule has 0 aliphatic rings. The molecule has 2 aromatic rings. The third-order valence-corrected chi connectivity index (χ3v) is 3.48. The molecule has 0 fully saturated rings. The zero-order valence-electron chi connectivity index (χ0n) is 9.58. The van der Waals surface area contributed by atoms with Gasteiger partial charge in [-0.1, -0.05) is 13.0 Å². The largest absolute Gasteiger partial charge is 0.360 e. The van der Waals surface area contributed by atoms with Gasteiger partial charge in [0.05, 0.1) is 6.04 Å². The van der Waals surface area contributed by atoms with Crippen LogP contribution in [0.4, 0.5) is 19.0 Å². The van der Waals surface area contributed by atoms with Crippen molar-refractivity contribution in [3.63, 3.8) is 0 Å². The highest BCUT2D eigenvalue weighted by Gasteiger charge is 2.16. The van der Waals surface area contributed by atoms with Crippen LogP contribution in [0.15, 0.2) is 23.6 Å². The van der Waals surface area contributed by atoms with Gasteiger partial charge < -0.3 is 5.32 Å². The van der Waals surface area contributed by atoms with Crippen LogP contribution < -0.4 is 5.32 Å². The number of pyridine rings is 1. The summed E-state index contributed by atoms with van der Waals surface area (Å²) in [5, 5.41) is 4.68. The summed E-state index contributed by atoms with van der Waals surface area (Å²) in [6.45, 7) is 1.91. The number of hydrogen-bond acceptors (Lipinski definition) is 3. The number of nitrogens with one attached hydrogen (secondary N) is 1. The molecule has 1 unspecified atom stereocenters. The van der Waals surface area contributed by atoms with Gasteiger partial charge in [0, 0.05) is 10.9 Å². The smallest absolute Gasteiger partial charge is 0.251 e. The number of thiophene rings is 1. The highest BCUT2D eigenvalue weighted by Crippen LogP contribution is 2.26. The van der Waals surface area contributed by atoms with Gasteiger partial charge in [0.1, 0.15) is 0 Å². The molecule has 0 amide bonds. The van der Waals surface area contributed by atoms with Crippen LogP contribution in [0.25, 0.3) is 0 Å². The molecule has 2 rings (SSSR count). The van der Waals surface area contributed by atoms with E-state index in [1.165, 1.54) is 11.3 Å². The number of hydrogen-bond donors (Lipinski definition) is 1. The van der Waals surface area contributed by atoms with Crippen molar-refractivity contribution in [3.8, 4) is 0 Å². The van der Waals surface area contributed by atoms with Crippen LogP contribution in [0.5, 0.6) is 0 Å². The molecule has 0 aromatic carbocycles. The predicted molar refractivity (Wildman–Crippen MR) is 65.1 cm³/mol. The first-order valence-electron chi connectivity index (χ1n) is 5.43. The van der Waals surface area contributed by atoms with E-state index in [1.54, 1.807) is 0 Å². The fraction of sp³-hybridized carbons (Fsp3) is 0.250. The summed E-state index contributed by atoms with van der Waals surface area (Å²) < 4.78 is 39.2.